The molecule has 2 heterocycles. The molecular weight excluding hydrogens is 410 g/mol. The number of rotatable bonds is 6. The number of anilines is 1. The van der Waals surface area contributed by atoms with Crippen LogP contribution in [0.15, 0.2) is 85.2 Å². The van der Waals surface area contributed by atoms with Crippen LogP contribution < -0.4 is 5.32 Å². The van der Waals surface area contributed by atoms with Crippen LogP contribution in [-0.4, -0.2) is 21.2 Å². The molecule has 0 atom stereocenters. The van der Waals surface area contributed by atoms with Gasteiger partial charge in [-0.2, -0.15) is 0 Å². The molecule has 5 nitrogen and oxygen atoms in total. The molecular formula is C25H20ClN3O2. The van der Waals surface area contributed by atoms with Crippen LogP contribution in [0.25, 0.3) is 11.3 Å². The van der Waals surface area contributed by atoms with E-state index in [0.717, 1.165) is 22.5 Å². The molecule has 154 valence electrons. The highest BCUT2D eigenvalue weighted by atomic mass is 35.5. The fourth-order valence-electron chi connectivity index (χ4n) is 3.44. The van der Waals surface area contributed by atoms with Crippen LogP contribution in [0.5, 0.6) is 0 Å². The molecule has 2 aromatic heterocycles. The highest BCUT2D eigenvalue weighted by Crippen LogP contribution is 2.28. The van der Waals surface area contributed by atoms with Gasteiger partial charge in [0.05, 0.1) is 0 Å². The Morgan fingerprint density at radius 3 is 2.32 bits per heavy atom. The molecule has 0 radical (unpaired) electrons. The Morgan fingerprint density at radius 1 is 0.968 bits per heavy atom. The number of carbonyl (C=O) groups is 2. The Bertz CT molecular complexity index is 1220. The summed E-state index contributed by atoms with van der Waals surface area (Å²) >= 11 is 6.02. The minimum Gasteiger partial charge on any atom is -0.340 e. The van der Waals surface area contributed by atoms with Gasteiger partial charge in [-0.1, -0.05) is 54.1 Å². The van der Waals surface area contributed by atoms with Crippen molar-refractivity contribution in [1.82, 2.24) is 9.55 Å². The summed E-state index contributed by atoms with van der Waals surface area (Å²) in [7, 11) is 0. The molecule has 0 spiro atoms. The molecule has 31 heavy (non-hydrogen) atoms. The molecule has 0 saturated heterocycles. The standard InChI is InChI=1S/C25H20ClN3O2/c1-17-22(24(30)25(31)28-21-11-13-27-14-12-21)15-23(19-5-3-2-4-6-19)29(17)16-18-7-9-20(26)10-8-18/h2-15H,16H2,1H3,(H,27,28,31). The van der Waals surface area contributed by atoms with Crippen molar-refractivity contribution in [3.05, 3.63) is 107 Å². The quantitative estimate of drug-likeness (QED) is 0.330. The number of aromatic nitrogens is 2. The summed E-state index contributed by atoms with van der Waals surface area (Å²) in [5, 5.41) is 3.31. The van der Waals surface area contributed by atoms with E-state index in [2.05, 4.69) is 10.3 Å². The van der Waals surface area contributed by atoms with Gasteiger partial charge in [0, 0.05) is 46.6 Å². The third kappa shape index (κ3) is 4.57. The minimum atomic E-state index is -0.683. The van der Waals surface area contributed by atoms with Crippen LogP contribution in [0.4, 0.5) is 5.69 Å². The maximum Gasteiger partial charge on any atom is 0.296 e. The summed E-state index contributed by atoms with van der Waals surface area (Å²) in [6.07, 6.45) is 3.11. The van der Waals surface area contributed by atoms with E-state index in [0.29, 0.717) is 22.8 Å². The molecule has 0 fully saturated rings. The number of nitrogens with one attached hydrogen (secondary N) is 1. The predicted molar refractivity (Wildman–Crippen MR) is 122 cm³/mol. The first-order valence-electron chi connectivity index (χ1n) is 9.78. The number of hydrogen-bond donors (Lipinski definition) is 1. The Balaban J connectivity index is 1.71. The lowest BCUT2D eigenvalue weighted by atomic mass is 10.1. The molecule has 0 aliphatic carbocycles. The first kappa shape index (κ1) is 20.6. The van der Waals surface area contributed by atoms with E-state index in [-0.39, 0.29) is 0 Å². The Kier molecular flexibility index (Phi) is 5.96. The van der Waals surface area contributed by atoms with Crippen LogP contribution in [0.1, 0.15) is 21.6 Å². The monoisotopic (exact) mass is 429 g/mol. The molecule has 0 saturated carbocycles. The average molecular weight is 430 g/mol. The molecule has 4 rings (SSSR count). The zero-order valence-corrected chi connectivity index (χ0v) is 17.6. The zero-order valence-electron chi connectivity index (χ0n) is 16.9. The molecule has 2 aromatic carbocycles. The Labute approximate surface area is 185 Å². The van der Waals surface area contributed by atoms with Crippen molar-refractivity contribution in [2.45, 2.75) is 13.5 Å². The smallest absolute Gasteiger partial charge is 0.296 e. The number of nitrogens with zero attached hydrogens (tertiary/aromatic N) is 2. The van der Waals surface area contributed by atoms with Gasteiger partial charge in [-0.05, 0) is 48.4 Å². The van der Waals surface area contributed by atoms with E-state index >= 15 is 0 Å². The topological polar surface area (TPSA) is 64.0 Å². The highest BCUT2D eigenvalue weighted by Gasteiger charge is 2.24. The maximum atomic E-state index is 13.0. The predicted octanol–water partition coefficient (Wildman–Crippen LogP) is 5.38. The average Bonchev–Trinajstić information content (AvgIpc) is 3.12. The Morgan fingerprint density at radius 2 is 1.65 bits per heavy atom. The van der Waals surface area contributed by atoms with E-state index in [1.807, 2.05) is 66.1 Å². The second kappa shape index (κ2) is 8.98. The lowest BCUT2D eigenvalue weighted by Gasteiger charge is -2.12. The summed E-state index contributed by atoms with van der Waals surface area (Å²) in [6.45, 7) is 2.40. The largest absolute Gasteiger partial charge is 0.340 e. The van der Waals surface area contributed by atoms with Crippen molar-refractivity contribution in [2.24, 2.45) is 0 Å². The van der Waals surface area contributed by atoms with Crippen molar-refractivity contribution in [3.8, 4) is 11.3 Å². The van der Waals surface area contributed by atoms with Crippen LogP contribution in [0, 0.1) is 6.92 Å². The number of halogens is 1. The number of benzene rings is 2. The molecule has 0 aliphatic rings. The fourth-order valence-corrected chi connectivity index (χ4v) is 3.57. The van der Waals surface area contributed by atoms with Crippen LogP contribution in [0.2, 0.25) is 5.02 Å². The van der Waals surface area contributed by atoms with Gasteiger partial charge >= 0.3 is 0 Å². The van der Waals surface area contributed by atoms with E-state index in [9.17, 15) is 9.59 Å². The molecule has 0 aliphatic heterocycles. The normalized spacial score (nSPS) is 10.6. The molecule has 1 N–H and O–H groups in total. The lowest BCUT2D eigenvalue weighted by molar-refractivity contribution is -0.112. The molecule has 6 heteroatoms. The van der Waals surface area contributed by atoms with E-state index in [1.54, 1.807) is 30.6 Å². The lowest BCUT2D eigenvalue weighted by Crippen LogP contribution is -2.23. The first-order valence-corrected chi connectivity index (χ1v) is 10.2. The van der Waals surface area contributed by atoms with Crippen molar-refractivity contribution < 1.29 is 9.59 Å². The maximum absolute atomic E-state index is 13.0. The summed E-state index contributed by atoms with van der Waals surface area (Å²) in [5.41, 5.74) is 4.50. The minimum absolute atomic E-state index is 0.374. The molecule has 1 amide bonds. The third-order valence-corrected chi connectivity index (χ3v) is 5.33. The summed E-state index contributed by atoms with van der Waals surface area (Å²) in [5.74, 6) is -1.26. The van der Waals surface area contributed by atoms with Crippen LogP contribution >= 0.6 is 11.6 Å². The first-order chi connectivity index (χ1) is 15.0. The highest BCUT2D eigenvalue weighted by molar-refractivity contribution is 6.47. The number of amides is 1. The van der Waals surface area contributed by atoms with Gasteiger partial charge in [-0.3, -0.25) is 14.6 Å². The SMILES string of the molecule is Cc1c(C(=O)C(=O)Nc2ccncc2)cc(-c2ccccc2)n1Cc1ccc(Cl)cc1. The van der Waals surface area contributed by atoms with Crippen molar-refractivity contribution in [3.63, 3.8) is 0 Å². The van der Waals surface area contributed by atoms with E-state index in [4.69, 9.17) is 11.6 Å². The van der Waals surface area contributed by atoms with E-state index < -0.39 is 11.7 Å². The summed E-state index contributed by atoms with van der Waals surface area (Å²) < 4.78 is 2.05. The van der Waals surface area contributed by atoms with Gasteiger partial charge in [-0.15, -0.1) is 0 Å². The van der Waals surface area contributed by atoms with Gasteiger partial charge in [0.25, 0.3) is 11.7 Å². The number of ketones is 1. The van der Waals surface area contributed by atoms with Gasteiger partial charge < -0.3 is 9.88 Å². The zero-order chi connectivity index (χ0) is 21.8. The number of carbonyl (C=O) groups excluding carboxylic acids is 2. The van der Waals surface area contributed by atoms with Crippen molar-refractivity contribution in [2.75, 3.05) is 5.32 Å². The molecule has 0 unspecified atom stereocenters. The fraction of sp³-hybridized carbons (Fsp3) is 0.0800. The Hall–Kier alpha value is -3.70. The van der Waals surface area contributed by atoms with Gasteiger partial charge in [-0.25, -0.2) is 0 Å². The van der Waals surface area contributed by atoms with Gasteiger partial charge in [0.15, 0.2) is 0 Å². The van der Waals surface area contributed by atoms with Crippen molar-refractivity contribution >= 4 is 29.0 Å². The molecule has 4 aromatic rings. The number of Topliss-reactive ketones (excluding diaryl/α,β-unsaturated/α-hetero) is 1. The number of pyridine rings is 1. The second-order valence-electron chi connectivity index (χ2n) is 7.13. The van der Waals surface area contributed by atoms with Crippen LogP contribution in [0.3, 0.4) is 0 Å². The molecule has 0 bridgehead atoms. The van der Waals surface area contributed by atoms with Crippen LogP contribution in [-0.2, 0) is 11.3 Å². The summed E-state index contributed by atoms with van der Waals surface area (Å²) in [4.78, 5) is 29.5. The van der Waals surface area contributed by atoms with Gasteiger partial charge in [0.2, 0.25) is 0 Å². The number of hydrogen-bond acceptors (Lipinski definition) is 3. The van der Waals surface area contributed by atoms with Gasteiger partial charge in [0.1, 0.15) is 0 Å². The van der Waals surface area contributed by atoms with E-state index in [1.165, 1.54) is 0 Å². The summed E-state index contributed by atoms with van der Waals surface area (Å²) in [6, 6.07) is 22.5. The third-order valence-electron chi connectivity index (χ3n) is 5.08. The van der Waals surface area contributed by atoms with Crippen molar-refractivity contribution in [1.29, 1.82) is 0 Å². The second-order valence-corrected chi connectivity index (χ2v) is 7.56.